The molecule has 5 rings (SSSR count). The third-order valence-corrected chi connectivity index (χ3v) is 8.08. The number of aryl methyl sites for hydroxylation is 2. The van der Waals surface area contributed by atoms with Crippen LogP contribution in [0.25, 0.3) is 10.2 Å². The summed E-state index contributed by atoms with van der Waals surface area (Å²) >= 11 is 1.59. The zero-order chi connectivity index (χ0) is 24.5. The molecule has 0 saturated heterocycles. The number of amides is 1. The van der Waals surface area contributed by atoms with Gasteiger partial charge in [-0.15, -0.1) is 0 Å². The summed E-state index contributed by atoms with van der Waals surface area (Å²) in [5.74, 6) is 1.07. The maximum absolute atomic E-state index is 14.5. The van der Waals surface area contributed by atoms with Crippen molar-refractivity contribution in [1.82, 2.24) is 9.88 Å². The van der Waals surface area contributed by atoms with Crippen LogP contribution in [-0.4, -0.2) is 42.0 Å². The fraction of sp³-hybridized carbons (Fsp3) is 0.310. The molecule has 0 spiro atoms. The Bertz CT molecular complexity index is 1330. The van der Waals surface area contributed by atoms with Crippen molar-refractivity contribution < 1.29 is 9.53 Å². The SMILES string of the molecule is CCN(CC)CCN(C(=O)C1c2ccccc2Oc2ccccc21)c1nc2c(C)c(C)ccc2s1. The maximum atomic E-state index is 14.5. The summed E-state index contributed by atoms with van der Waals surface area (Å²) in [6.07, 6.45) is 0. The number of rotatable bonds is 7. The van der Waals surface area contributed by atoms with Crippen molar-refractivity contribution in [2.75, 3.05) is 31.1 Å². The van der Waals surface area contributed by atoms with Crippen molar-refractivity contribution in [1.29, 1.82) is 0 Å². The van der Waals surface area contributed by atoms with E-state index in [1.807, 2.05) is 53.4 Å². The number of hydrogen-bond acceptors (Lipinski definition) is 5. The Morgan fingerprint density at radius 1 is 0.914 bits per heavy atom. The number of benzene rings is 3. The lowest BCUT2D eigenvalue weighted by atomic mass is 9.87. The lowest BCUT2D eigenvalue weighted by Crippen LogP contribution is -2.42. The summed E-state index contributed by atoms with van der Waals surface area (Å²) in [6, 6.07) is 20.0. The summed E-state index contributed by atoms with van der Waals surface area (Å²) in [5.41, 5.74) is 5.17. The minimum atomic E-state index is -0.442. The molecular formula is C29H31N3O2S. The van der Waals surface area contributed by atoms with Crippen LogP contribution >= 0.6 is 11.3 Å². The zero-order valence-corrected chi connectivity index (χ0v) is 21.6. The monoisotopic (exact) mass is 485 g/mol. The molecule has 0 fully saturated rings. The number of carbonyl (C=O) groups excluding carboxylic acids is 1. The van der Waals surface area contributed by atoms with E-state index in [1.54, 1.807) is 11.3 Å². The third kappa shape index (κ3) is 4.32. The molecular weight excluding hydrogens is 454 g/mol. The maximum Gasteiger partial charge on any atom is 0.241 e. The highest BCUT2D eigenvalue weighted by Gasteiger charge is 2.36. The largest absolute Gasteiger partial charge is 0.457 e. The molecule has 180 valence electrons. The molecule has 1 aliphatic rings. The van der Waals surface area contributed by atoms with Gasteiger partial charge < -0.3 is 9.64 Å². The third-order valence-electron chi connectivity index (χ3n) is 7.03. The van der Waals surface area contributed by atoms with Gasteiger partial charge in [-0.25, -0.2) is 4.98 Å². The van der Waals surface area contributed by atoms with E-state index >= 15 is 0 Å². The Labute approximate surface area is 211 Å². The number of likely N-dealkylation sites (N-methyl/N-ethyl adjacent to an activating group) is 1. The van der Waals surface area contributed by atoms with E-state index in [0.29, 0.717) is 6.54 Å². The van der Waals surface area contributed by atoms with Crippen LogP contribution in [0.3, 0.4) is 0 Å². The first kappa shape index (κ1) is 23.5. The highest BCUT2D eigenvalue weighted by Crippen LogP contribution is 2.45. The lowest BCUT2D eigenvalue weighted by Gasteiger charge is -2.32. The van der Waals surface area contributed by atoms with E-state index in [-0.39, 0.29) is 5.91 Å². The van der Waals surface area contributed by atoms with Gasteiger partial charge in [0.1, 0.15) is 11.5 Å². The van der Waals surface area contributed by atoms with E-state index in [4.69, 9.17) is 9.72 Å². The van der Waals surface area contributed by atoms with E-state index < -0.39 is 5.92 Å². The average molecular weight is 486 g/mol. The molecule has 0 atom stereocenters. The molecule has 0 bridgehead atoms. The van der Waals surface area contributed by atoms with Gasteiger partial charge in [0.2, 0.25) is 5.91 Å². The zero-order valence-electron chi connectivity index (χ0n) is 20.7. The Hall–Kier alpha value is -3.22. The number of anilines is 1. The minimum absolute atomic E-state index is 0.0359. The molecule has 1 aromatic heterocycles. The summed E-state index contributed by atoms with van der Waals surface area (Å²) < 4.78 is 7.27. The number of hydrogen-bond donors (Lipinski definition) is 0. The Kier molecular flexibility index (Phi) is 6.58. The van der Waals surface area contributed by atoms with Gasteiger partial charge in [-0.2, -0.15) is 0 Å². The second-order valence-corrected chi connectivity index (χ2v) is 9.99. The number of nitrogens with zero attached hydrogens (tertiary/aromatic N) is 3. The van der Waals surface area contributed by atoms with Gasteiger partial charge in [0, 0.05) is 24.2 Å². The van der Waals surface area contributed by atoms with Crippen molar-refractivity contribution in [3.05, 3.63) is 82.9 Å². The van der Waals surface area contributed by atoms with Crippen molar-refractivity contribution in [3.63, 3.8) is 0 Å². The van der Waals surface area contributed by atoms with Crippen molar-refractivity contribution in [3.8, 4) is 11.5 Å². The number of aromatic nitrogens is 1. The Balaban J connectivity index is 1.61. The molecule has 0 radical (unpaired) electrons. The topological polar surface area (TPSA) is 45.7 Å². The predicted molar refractivity (Wildman–Crippen MR) is 144 cm³/mol. The molecule has 1 aliphatic heterocycles. The average Bonchev–Trinajstić information content (AvgIpc) is 3.32. The first-order valence-electron chi connectivity index (χ1n) is 12.3. The van der Waals surface area contributed by atoms with E-state index in [0.717, 1.165) is 57.6 Å². The van der Waals surface area contributed by atoms with Crippen LogP contribution in [-0.2, 0) is 4.79 Å². The summed E-state index contributed by atoms with van der Waals surface area (Å²) in [5, 5.41) is 0.757. The standard InChI is InChI=1S/C29H31N3O2S/c1-5-31(6-2)17-18-32(29-30-27-20(4)19(3)15-16-25(27)35-29)28(33)26-21-11-7-9-13-23(21)34-24-14-10-8-12-22(24)26/h7-16,26H,5-6,17-18H2,1-4H3. The van der Waals surface area contributed by atoms with Gasteiger partial charge in [-0.3, -0.25) is 9.69 Å². The van der Waals surface area contributed by atoms with E-state index in [9.17, 15) is 4.79 Å². The molecule has 6 heteroatoms. The first-order valence-corrected chi connectivity index (χ1v) is 13.1. The number of ether oxygens (including phenoxy) is 1. The fourth-order valence-electron chi connectivity index (χ4n) is 4.74. The van der Waals surface area contributed by atoms with Crippen LogP contribution in [0.1, 0.15) is 42.0 Å². The van der Waals surface area contributed by atoms with Crippen molar-refractivity contribution >= 4 is 32.6 Å². The van der Waals surface area contributed by atoms with Crippen LogP contribution in [0.2, 0.25) is 0 Å². The summed E-state index contributed by atoms with van der Waals surface area (Å²) in [7, 11) is 0. The van der Waals surface area contributed by atoms with Crippen LogP contribution in [0.15, 0.2) is 60.7 Å². The molecule has 0 N–H and O–H groups in total. The fourth-order valence-corrected chi connectivity index (χ4v) is 5.80. The van der Waals surface area contributed by atoms with Gasteiger partial charge in [-0.05, 0) is 56.3 Å². The van der Waals surface area contributed by atoms with Gasteiger partial charge >= 0.3 is 0 Å². The number of carbonyl (C=O) groups is 1. The normalized spacial score (nSPS) is 12.9. The van der Waals surface area contributed by atoms with Crippen LogP contribution in [0.5, 0.6) is 11.5 Å². The Morgan fingerprint density at radius 2 is 1.54 bits per heavy atom. The molecule has 2 heterocycles. The second kappa shape index (κ2) is 9.80. The number of thiazole rings is 1. The van der Waals surface area contributed by atoms with E-state index in [1.165, 1.54) is 11.1 Å². The lowest BCUT2D eigenvalue weighted by molar-refractivity contribution is -0.119. The molecule has 3 aromatic carbocycles. The quantitative estimate of drug-likeness (QED) is 0.299. The molecule has 0 unspecified atom stereocenters. The number of para-hydroxylation sites is 2. The van der Waals surface area contributed by atoms with E-state index in [2.05, 4.69) is 44.7 Å². The Morgan fingerprint density at radius 3 is 2.17 bits per heavy atom. The second-order valence-electron chi connectivity index (χ2n) is 8.98. The van der Waals surface area contributed by atoms with Crippen LogP contribution < -0.4 is 9.64 Å². The van der Waals surface area contributed by atoms with Gasteiger partial charge in [0.15, 0.2) is 5.13 Å². The molecule has 5 nitrogen and oxygen atoms in total. The molecule has 0 saturated carbocycles. The smallest absolute Gasteiger partial charge is 0.241 e. The first-order chi connectivity index (χ1) is 17.0. The van der Waals surface area contributed by atoms with Gasteiger partial charge in [-0.1, -0.05) is 67.6 Å². The molecule has 35 heavy (non-hydrogen) atoms. The predicted octanol–water partition coefficient (Wildman–Crippen LogP) is 6.53. The highest BCUT2D eigenvalue weighted by atomic mass is 32.1. The summed E-state index contributed by atoms with van der Waals surface area (Å²) in [6.45, 7) is 11.8. The minimum Gasteiger partial charge on any atom is -0.457 e. The molecule has 0 aliphatic carbocycles. The number of fused-ring (bicyclic) bond motifs is 3. The molecule has 1 amide bonds. The van der Waals surface area contributed by atoms with Crippen molar-refractivity contribution in [2.45, 2.75) is 33.6 Å². The highest BCUT2D eigenvalue weighted by molar-refractivity contribution is 7.22. The van der Waals surface area contributed by atoms with Gasteiger partial charge in [0.05, 0.1) is 16.1 Å². The van der Waals surface area contributed by atoms with Crippen LogP contribution in [0, 0.1) is 13.8 Å². The van der Waals surface area contributed by atoms with Gasteiger partial charge in [0.25, 0.3) is 0 Å². The van der Waals surface area contributed by atoms with Crippen molar-refractivity contribution in [2.24, 2.45) is 0 Å². The molecule has 4 aromatic rings. The summed E-state index contributed by atoms with van der Waals surface area (Å²) in [4.78, 5) is 23.7. The van der Waals surface area contributed by atoms with Crippen LogP contribution in [0.4, 0.5) is 5.13 Å².